The largest absolute Gasteiger partial charge is 0.480 e. The van der Waals surface area contributed by atoms with Crippen molar-refractivity contribution in [1.29, 1.82) is 0 Å². The molecule has 0 radical (unpaired) electrons. The normalized spacial score (nSPS) is 19.4. The zero-order chi connectivity index (χ0) is 20.2. The van der Waals surface area contributed by atoms with Crippen LogP contribution in [0.25, 0.3) is 5.70 Å². The van der Waals surface area contributed by atoms with Crippen molar-refractivity contribution < 1.29 is 9.13 Å². The minimum absolute atomic E-state index is 0.264. The maximum Gasteiger partial charge on any atom is 0.226 e. The quantitative estimate of drug-likeness (QED) is 0.479. The van der Waals surface area contributed by atoms with E-state index in [9.17, 15) is 4.39 Å². The lowest BCUT2D eigenvalue weighted by atomic mass is 9.86. The monoisotopic (exact) mass is 416 g/mol. The molecular weight excluding hydrogens is 399 g/mol. The number of halogens is 1. The minimum atomic E-state index is -0.282. The molecule has 7 heteroatoms. The van der Waals surface area contributed by atoms with E-state index in [0.717, 1.165) is 38.6 Å². The fourth-order valence-corrected chi connectivity index (χ4v) is 5.00. The molecule has 2 aliphatic heterocycles. The molecule has 0 unspecified atom stereocenters. The summed E-state index contributed by atoms with van der Waals surface area (Å²) < 4.78 is 22.1. The van der Waals surface area contributed by atoms with Crippen LogP contribution in [0.4, 0.5) is 10.3 Å². The van der Waals surface area contributed by atoms with E-state index in [2.05, 4.69) is 40.5 Å². The molecule has 148 valence electrons. The van der Waals surface area contributed by atoms with Crippen LogP contribution in [-0.4, -0.2) is 14.8 Å². The fraction of sp³-hybridized carbons (Fsp3) is 0.130. The Hall–Kier alpha value is -3.45. The molecule has 6 rings (SSSR count). The number of nitrogens with one attached hydrogen (secondary N) is 1. The van der Waals surface area contributed by atoms with Crippen molar-refractivity contribution in [3.8, 4) is 5.75 Å². The molecule has 2 aliphatic rings. The second-order valence-corrected chi connectivity index (χ2v) is 8.43. The Morgan fingerprint density at radius 1 is 1.13 bits per heavy atom. The van der Waals surface area contributed by atoms with Gasteiger partial charge in [0.2, 0.25) is 5.95 Å². The molecule has 0 spiro atoms. The van der Waals surface area contributed by atoms with E-state index in [0.29, 0.717) is 5.95 Å². The highest BCUT2D eigenvalue weighted by molar-refractivity contribution is 7.10. The lowest BCUT2D eigenvalue weighted by Crippen LogP contribution is -2.32. The molecule has 1 N–H and O–H groups in total. The van der Waals surface area contributed by atoms with Crippen molar-refractivity contribution in [1.82, 2.24) is 14.8 Å². The molecule has 30 heavy (non-hydrogen) atoms. The van der Waals surface area contributed by atoms with E-state index in [-0.39, 0.29) is 18.0 Å². The number of nitrogens with zero attached hydrogens (tertiary/aromatic N) is 3. The van der Waals surface area contributed by atoms with Crippen LogP contribution in [0.1, 0.15) is 33.7 Å². The topological polar surface area (TPSA) is 52.0 Å². The summed E-state index contributed by atoms with van der Waals surface area (Å²) in [5.41, 5.74) is 5.09. The molecular formula is C23H17FN4OS. The highest BCUT2D eigenvalue weighted by Crippen LogP contribution is 2.51. The Kier molecular flexibility index (Phi) is 3.79. The Bertz CT molecular complexity index is 1280. The van der Waals surface area contributed by atoms with Gasteiger partial charge in [-0.15, -0.1) is 11.3 Å². The van der Waals surface area contributed by atoms with Crippen LogP contribution in [0.5, 0.6) is 5.75 Å². The number of fused-ring (bicyclic) bond motifs is 3. The van der Waals surface area contributed by atoms with Gasteiger partial charge in [0.15, 0.2) is 6.10 Å². The third-order valence-corrected chi connectivity index (χ3v) is 6.47. The molecule has 0 aliphatic carbocycles. The molecule has 0 amide bonds. The van der Waals surface area contributed by atoms with E-state index in [1.165, 1.54) is 18.5 Å². The Labute approximate surface area is 176 Å². The number of aromatic nitrogens is 3. The van der Waals surface area contributed by atoms with Gasteiger partial charge in [-0.3, -0.25) is 0 Å². The molecule has 0 fully saturated rings. The van der Waals surface area contributed by atoms with Crippen LogP contribution in [0, 0.1) is 12.7 Å². The molecule has 0 bridgehead atoms. The van der Waals surface area contributed by atoms with Crippen LogP contribution in [0.3, 0.4) is 0 Å². The number of anilines is 1. The summed E-state index contributed by atoms with van der Waals surface area (Å²) in [6.45, 7) is 2.06. The van der Waals surface area contributed by atoms with Gasteiger partial charge in [0.25, 0.3) is 0 Å². The molecule has 5 nitrogen and oxygen atoms in total. The highest BCUT2D eigenvalue weighted by atomic mass is 32.1. The Morgan fingerprint density at radius 2 is 2.00 bits per heavy atom. The van der Waals surface area contributed by atoms with E-state index in [1.807, 2.05) is 22.2 Å². The van der Waals surface area contributed by atoms with Crippen molar-refractivity contribution >= 4 is 23.0 Å². The van der Waals surface area contributed by atoms with E-state index in [4.69, 9.17) is 4.74 Å². The number of thiophene rings is 1. The van der Waals surface area contributed by atoms with Crippen LogP contribution in [0.2, 0.25) is 0 Å². The molecule has 0 saturated carbocycles. The Balaban J connectivity index is 1.64. The summed E-state index contributed by atoms with van der Waals surface area (Å²) in [5.74, 6) is 1.22. The lowest BCUT2D eigenvalue weighted by Gasteiger charge is -2.38. The number of ether oxygens (including phenoxy) is 1. The number of hydrogen-bond donors (Lipinski definition) is 1. The predicted molar refractivity (Wildman–Crippen MR) is 114 cm³/mol. The first kappa shape index (κ1) is 17.4. The van der Waals surface area contributed by atoms with Gasteiger partial charge in [-0.25, -0.2) is 9.07 Å². The molecule has 2 aromatic heterocycles. The first-order valence-electron chi connectivity index (χ1n) is 9.66. The van der Waals surface area contributed by atoms with Crippen LogP contribution in [-0.2, 0) is 0 Å². The standard InChI is InChI=1S/C23H17FN4OS/c1-13-4-9-17-16(11-13)20-19(22(29-17)18-3-2-10-30-18)21(14-5-7-15(24)8-6-14)28-23(27-20)25-12-26-28/h2-12,21-22H,1H3,(H,25,26,27)/t21-,22+/m1/s1. The van der Waals surface area contributed by atoms with Crippen molar-refractivity contribution in [2.45, 2.75) is 19.1 Å². The summed E-state index contributed by atoms with van der Waals surface area (Å²) in [4.78, 5) is 5.52. The summed E-state index contributed by atoms with van der Waals surface area (Å²) in [6.07, 6.45) is 1.25. The third kappa shape index (κ3) is 2.59. The maximum atomic E-state index is 13.7. The van der Waals surface area contributed by atoms with Gasteiger partial charge in [0.05, 0.1) is 5.70 Å². The van der Waals surface area contributed by atoms with E-state index < -0.39 is 0 Å². The summed E-state index contributed by atoms with van der Waals surface area (Å²) in [6, 6.07) is 16.6. The first-order chi connectivity index (χ1) is 14.7. The number of aryl methyl sites for hydroxylation is 1. The smallest absolute Gasteiger partial charge is 0.226 e. The summed E-state index contributed by atoms with van der Waals surface area (Å²) in [5, 5.41) is 10.0. The van der Waals surface area contributed by atoms with E-state index >= 15 is 0 Å². The minimum Gasteiger partial charge on any atom is -0.480 e. The van der Waals surface area contributed by atoms with Gasteiger partial charge in [0, 0.05) is 16.0 Å². The SMILES string of the molecule is Cc1ccc2c(c1)C1=C([C@H](c3cccs3)O2)[C@@H](c2ccc(F)cc2)n2ncnc2N1. The van der Waals surface area contributed by atoms with Crippen molar-refractivity contribution in [3.63, 3.8) is 0 Å². The molecule has 4 aromatic rings. The number of hydrogen-bond acceptors (Lipinski definition) is 5. The average Bonchev–Trinajstić information content (AvgIpc) is 3.44. The lowest BCUT2D eigenvalue weighted by molar-refractivity contribution is 0.226. The van der Waals surface area contributed by atoms with Crippen molar-refractivity contribution in [2.24, 2.45) is 0 Å². The maximum absolute atomic E-state index is 13.7. The van der Waals surface area contributed by atoms with Crippen LogP contribution in [0.15, 0.2) is 71.9 Å². The fourth-order valence-electron chi connectivity index (χ4n) is 4.23. The van der Waals surface area contributed by atoms with Crippen molar-refractivity contribution in [2.75, 3.05) is 5.32 Å². The summed E-state index contributed by atoms with van der Waals surface area (Å²) in [7, 11) is 0. The zero-order valence-electron chi connectivity index (χ0n) is 16.0. The van der Waals surface area contributed by atoms with E-state index in [1.54, 1.807) is 23.5 Å². The zero-order valence-corrected chi connectivity index (χ0v) is 16.9. The van der Waals surface area contributed by atoms with Crippen molar-refractivity contribution in [3.05, 3.63) is 99.3 Å². The second-order valence-electron chi connectivity index (χ2n) is 7.45. The van der Waals surface area contributed by atoms with Gasteiger partial charge >= 0.3 is 0 Å². The van der Waals surface area contributed by atoms with Gasteiger partial charge in [-0.2, -0.15) is 10.1 Å². The molecule has 0 saturated heterocycles. The number of rotatable bonds is 2. The highest BCUT2D eigenvalue weighted by Gasteiger charge is 2.41. The first-order valence-corrected chi connectivity index (χ1v) is 10.5. The predicted octanol–water partition coefficient (Wildman–Crippen LogP) is 5.35. The van der Waals surface area contributed by atoms with Gasteiger partial charge in [-0.05, 0) is 48.2 Å². The summed E-state index contributed by atoms with van der Waals surface area (Å²) >= 11 is 1.65. The Morgan fingerprint density at radius 3 is 2.80 bits per heavy atom. The van der Waals surface area contributed by atoms with Crippen LogP contribution >= 0.6 is 11.3 Å². The van der Waals surface area contributed by atoms with Gasteiger partial charge < -0.3 is 10.1 Å². The van der Waals surface area contributed by atoms with Gasteiger partial charge in [-0.1, -0.05) is 29.8 Å². The van der Waals surface area contributed by atoms with Gasteiger partial charge in [0.1, 0.15) is 23.9 Å². The number of benzene rings is 2. The molecule has 2 atom stereocenters. The second kappa shape index (κ2) is 6.53. The molecule has 4 heterocycles. The van der Waals surface area contributed by atoms with Crippen LogP contribution < -0.4 is 10.1 Å². The third-order valence-electron chi connectivity index (χ3n) is 5.56. The molecule has 2 aromatic carbocycles. The average molecular weight is 416 g/mol.